The van der Waals surface area contributed by atoms with Gasteiger partial charge in [0.1, 0.15) is 5.70 Å². The number of hydrogen-bond donors (Lipinski definition) is 2. The van der Waals surface area contributed by atoms with Crippen molar-refractivity contribution in [2.75, 3.05) is 0 Å². The summed E-state index contributed by atoms with van der Waals surface area (Å²) in [5.74, 6) is -0.768. The topological polar surface area (TPSA) is 58.2 Å². The minimum absolute atomic E-state index is 0.150. The van der Waals surface area contributed by atoms with Crippen LogP contribution < -0.4 is 10.6 Å². The van der Waals surface area contributed by atoms with E-state index in [4.69, 9.17) is 11.6 Å². The molecule has 2 amide bonds. The number of halogens is 1. The van der Waals surface area contributed by atoms with E-state index in [-0.39, 0.29) is 18.1 Å². The second-order valence-electron chi connectivity index (χ2n) is 8.38. The summed E-state index contributed by atoms with van der Waals surface area (Å²) < 4.78 is 0. The normalized spacial score (nSPS) is 11.4. The molecule has 0 saturated heterocycles. The van der Waals surface area contributed by atoms with Crippen molar-refractivity contribution in [2.24, 2.45) is 0 Å². The molecular weight excluding hydrogens is 468 g/mol. The predicted octanol–water partition coefficient (Wildman–Crippen LogP) is 6.73. The maximum Gasteiger partial charge on any atom is 0.268 e. The van der Waals surface area contributed by atoms with Gasteiger partial charge in [-0.2, -0.15) is 0 Å². The highest BCUT2D eigenvalue weighted by atomic mass is 35.5. The Labute approximate surface area is 214 Å². The molecular formula is C31H23ClN2O2. The van der Waals surface area contributed by atoms with Gasteiger partial charge in [-0.25, -0.2) is 0 Å². The maximum atomic E-state index is 13.4. The molecule has 4 nitrogen and oxygen atoms in total. The highest BCUT2D eigenvalue weighted by Gasteiger charge is 2.17. The molecule has 0 unspecified atom stereocenters. The van der Waals surface area contributed by atoms with Crippen molar-refractivity contribution in [3.63, 3.8) is 0 Å². The minimum atomic E-state index is -0.406. The average Bonchev–Trinajstić information content (AvgIpc) is 2.92. The van der Waals surface area contributed by atoms with Crippen molar-refractivity contribution >= 4 is 51.0 Å². The Morgan fingerprint density at radius 1 is 0.722 bits per heavy atom. The van der Waals surface area contributed by atoms with E-state index in [0.717, 1.165) is 32.7 Å². The second kappa shape index (κ2) is 10.5. The van der Waals surface area contributed by atoms with Crippen LogP contribution in [0.1, 0.15) is 21.5 Å². The minimum Gasteiger partial charge on any atom is -0.347 e. The molecule has 5 aromatic rings. The number of benzene rings is 5. The van der Waals surface area contributed by atoms with Crippen LogP contribution >= 0.6 is 11.6 Å². The number of amides is 2. The second-order valence-corrected chi connectivity index (χ2v) is 8.79. The monoisotopic (exact) mass is 490 g/mol. The fourth-order valence-corrected chi connectivity index (χ4v) is 4.41. The molecule has 0 atom stereocenters. The smallest absolute Gasteiger partial charge is 0.268 e. The van der Waals surface area contributed by atoms with Gasteiger partial charge in [0.15, 0.2) is 0 Å². The lowest BCUT2D eigenvalue weighted by Crippen LogP contribution is -2.34. The molecule has 5 aromatic carbocycles. The molecule has 5 rings (SSSR count). The van der Waals surface area contributed by atoms with Crippen molar-refractivity contribution in [1.82, 2.24) is 10.6 Å². The lowest BCUT2D eigenvalue weighted by molar-refractivity contribution is -0.117. The summed E-state index contributed by atoms with van der Waals surface area (Å²) in [4.78, 5) is 26.5. The Morgan fingerprint density at radius 3 is 1.97 bits per heavy atom. The van der Waals surface area contributed by atoms with Gasteiger partial charge in [0.25, 0.3) is 11.8 Å². The van der Waals surface area contributed by atoms with Gasteiger partial charge in [-0.3, -0.25) is 9.59 Å². The lowest BCUT2D eigenvalue weighted by Gasteiger charge is -2.14. The van der Waals surface area contributed by atoms with Crippen LogP contribution in [0.3, 0.4) is 0 Å². The van der Waals surface area contributed by atoms with E-state index in [1.807, 2.05) is 72.8 Å². The fourth-order valence-electron chi connectivity index (χ4n) is 4.20. The van der Waals surface area contributed by atoms with Crippen LogP contribution in [-0.2, 0) is 11.3 Å². The van der Waals surface area contributed by atoms with Gasteiger partial charge in [0.05, 0.1) is 0 Å². The number of carbonyl (C=O) groups is 2. The van der Waals surface area contributed by atoms with Crippen LogP contribution in [0.25, 0.3) is 27.6 Å². The molecule has 176 valence electrons. The maximum absolute atomic E-state index is 13.4. The Hall–Kier alpha value is -4.41. The van der Waals surface area contributed by atoms with Gasteiger partial charge >= 0.3 is 0 Å². The number of carbonyl (C=O) groups excluding carboxylic acids is 2. The molecule has 0 bridgehead atoms. The van der Waals surface area contributed by atoms with Crippen LogP contribution in [0.15, 0.2) is 115 Å². The summed E-state index contributed by atoms with van der Waals surface area (Å²) in [6.45, 7) is 0.230. The SMILES string of the molecule is O=C(NCc1ccccc1Cl)/C(=C/c1c2ccccc2cc2ccccc12)NC(=O)c1ccccc1. The van der Waals surface area contributed by atoms with Crippen molar-refractivity contribution < 1.29 is 9.59 Å². The van der Waals surface area contributed by atoms with Gasteiger partial charge in [-0.15, -0.1) is 0 Å². The third-order valence-electron chi connectivity index (χ3n) is 6.03. The summed E-state index contributed by atoms with van der Waals surface area (Å²) in [5.41, 5.74) is 2.26. The van der Waals surface area contributed by atoms with Gasteiger partial charge in [0, 0.05) is 17.1 Å². The third kappa shape index (κ3) is 4.99. The summed E-state index contributed by atoms with van der Waals surface area (Å²) in [6, 6.07) is 34.3. The summed E-state index contributed by atoms with van der Waals surface area (Å²) in [5, 5.41) is 10.4. The van der Waals surface area contributed by atoms with Crippen molar-refractivity contribution in [2.45, 2.75) is 6.54 Å². The molecule has 0 aliphatic rings. The van der Waals surface area contributed by atoms with Gasteiger partial charge in [-0.1, -0.05) is 96.5 Å². The van der Waals surface area contributed by atoms with E-state index < -0.39 is 5.91 Å². The largest absolute Gasteiger partial charge is 0.347 e. The first-order valence-corrected chi connectivity index (χ1v) is 12.0. The summed E-state index contributed by atoms with van der Waals surface area (Å²) >= 11 is 6.28. The van der Waals surface area contributed by atoms with Gasteiger partial charge in [0.2, 0.25) is 0 Å². The van der Waals surface area contributed by atoms with Crippen LogP contribution in [0.5, 0.6) is 0 Å². The highest BCUT2D eigenvalue weighted by Crippen LogP contribution is 2.30. The van der Waals surface area contributed by atoms with Gasteiger partial charge < -0.3 is 10.6 Å². The zero-order valence-electron chi connectivity index (χ0n) is 19.4. The third-order valence-corrected chi connectivity index (χ3v) is 6.40. The van der Waals surface area contributed by atoms with Crippen LogP contribution in [-0.4, -0.2) is 11.8 Å². The van der Waals surface area contributed by atoms with E-state index in [1.54, 1.807) is 36.4 Å². The predicted molar refractivity (Wildman–Crippen MR) is 147 cm³/mol. The molecule has 2 N–H and O–H groups in total. The molecule has 0 aromatic heterocycles. The molecule has 0 saturated carbocycles. The fraction of sp³-hybridized carbons (Fsp3) is 0.0323. The van der Waals surface area contributed by atoms with E-state index >= 15 is 0 Å². The average molecular weight is 491 g/mol. The summed E-state index contributed by atoms with van der Waals surface area (Å²) in [7, 11) is 0. The Kier molecular flexibility index (Phi) is 6.78. The van der Waals surface area contributed by atoms with E-state index in [1.165, 1.54) is 0 Å². The first-order valence-electron chi connectivity index (χ1n) is 11.6. The number of rotatable bonds is 6. The lowest BCUT2D eigenvalue weighted by atomic mass is 9.96. The highest BCUT2D eigenvalue weighted by molar-refractivity contribution is 6.31. The number of fused-ring (bicyclic) bond motifs is 2. The Bertz CT molecular complexity index is 1560. The standard InChI is InChI=1S/C31H23ClN2O2/c32-28-17-9-6-14-24(28)20-33-31(36)29(34-30(35)21-10-2-1-3-11-21)19-27-25-15-7-4-12-22(25)18-23-13-5-8-16-26(23)27/h1-19H,20H2,(H,33,36)(H,34,35)/b29-19-. The Morgan fingerprint density at radius 2 is 1.31 bits per heavy atom. The zero-order chi connectivity index (χ0) is 24.9. The van der Waals surface area contributed by atoms with E-state index in [9.17, 15) is 9.59 Å². The molecule has 5 heteroatoms. The van der Waals surface area contributed by atoms with Crippen LogP contribution in [0, 0.1) is 0 Å². The van der Waals surface area contributed by atoms with E-state index in [0.29, 0.717) is 10.6 Å². The van der Waals surface area contributed by atoms with Crippen LogP contribution in [0.2, 0.25) is 5.02 Å². The molecule has 0 aliphatic carbocycles. The van der Waals surface area contributed by atoms with Gasteiger partial charge in [-0.05, 0) is 63.0 Å². The zero-order valence-corrected chi connectivity index (χ0v) is 20.1. The van der Waals surface area contributed by atoms with Crippen molar-refractivity contribution in [3.05, 3.63) is 137 Å². The molecule has 0 radical (unpaired) electrons. The van der Waals surface area contributed by atoms with Crippen molar-refractivity contribution in [3.8, 4) is 0 Å². The molecule has 0 aliphatic heterocycles. The number of nitrogens with one attached hydrogen (secondary N) is 2. The summed E-state index contributed by atoms with van der Waals surface area (Å²) in [6.07, 6.45) is 1.76. The molecule has 0 heterocycles. The number of hydrogen-bond acceptors (Lipinski definition) is 2. The molecule has 36 heavy (non-hydrogen) atoms. The first kappa shape index (κ1) is 23.3. The molecule has 0 spiro atoms. The van der Waals surface area contributed by atoms with E-state index in [2.05, 4.69) is 16.7 Å². The Balaban J connectivity index is 1.59. The van der Waals surface area contributed by atoms with Crippen LogP contribution in [0.4, 0.5) is 0 Å². The quantitative estimate of drug-likeness (QED) is 0.205. The van der Waals surface area contributed by atoms with Crippen molar-refractivity contribution in [1.29, 1.82) is 0 Å². The molecule has 0 fully saturated rings. The first-order chi connectivity index (χ1) is 17.6.